The first-order valence-electron chi connectivity index (χ1n) is 8.87. The van der Waals surface area contributed by atoms with Gasteiger partial charge in [-0.15, -0.1) is 0 Å². The molecule has 0 aromatic rings. The monoisotopic (exact) mass is 359 g/mol. The van der Waals surface area contributed by atoms with E-state index in [0.717, 1.165) is 6.42 Å². The van der Waals surface area contributed by atoms with Crippen molar-refractivity contribution in [1.29, 1.82) is 0 Å². The van der Waals surface area contributed by atoms with Crippen molar-refractivity contribution in [1.82, 2.24) is 5.32 Å². The second-order valence-corrected chi connectivity index (χ2v) is 6.35. The highest BCUT2D eigenvalue weighted by molar-refractivity contribution is 5.93. The number of fused-ring (bicyclic) bond motifs is 1. The molecule has 2 aliphatic carbocycles. The largest absolute Gasteiger partial charge is 0.466 e. The molecule has 2 rings (SSSR count). The smallest absolute Gasteiger partial charge is 0.407 e. The number of nitrogens with one attached hydrogen (secondary N) is 1. The van der Waals surface area contributed by atoms with E-state index in [1.807, 2.05) is 6.92 Å². The van der Waals surface area contributed by atoms with Crippen LogP contribution in [0.15, 0.2) is 0 Å². The summed E-state index contributed by atoms with van der Waals surface area (Å²) in [5.74, 6) is -3.43. The van der Waals surface area contributed by atoms with Gasteiger partial charge in [0.15, 0.2) is 0 Å². The van der Waals surface area contributed by atoms with Crippen molar-refractivity contribution in [3.8, 4) is 0 Å². The Morgan fingerprint density at radius 3 is 2.36 bits per heavy atom. The molecule has 2 fully saturated rings. The Hall–Kier alpha value is -1.86. The van der Waals surface area contributed by atoms with E-state index in [4.69, 9.17) is 14.2 Å². The summed E-state index contributed by atoms with van der Waals surface area (Å²) >= 11 is 0. The van der Waals surface area contributed by atoms with Gasteiger partial charge in [0.05, 0.1) is 25.7 Å². The molecular formula is C17H26FNO6. The zero-order valence-corrected chi connectivity index (χ0v) is 14.9. The minimum atomic E-state index is -2.43. The highest BCUT2D eigenvalue weighted by Crippen LogP contribution is 2.69. The number of carbonyl (C=O) groups excluding carboxylic acids is 3. The van der Waals surface area contributed by atoms with Gasteiger partial charge >= 0.3 is 18.0 Å². The number of hydrogen-bond acceptors (Lipinski definition) is 6. The van der Waals surface area contributed by atoms with Gasteiger partial charge in [-0.3, -0.25) is 4.79 Å². The summed E-state index contributed by atoms with van der Waals surface area (Å²) in [5.41, 5.74) is -4.07. The molecule has 0 aliphatic heterocycles. The quantitative estimate of drug-likeness (QED) is 0.406. The van der Waals surface area contributed by atoms with Gasteiger partial charge in [-0.1, -0.05) is 13.3 Å². The van der Waals surface area contributed by atoms with E-state index in [2.05, 4.69) is 5.32 Å². The van der Waals surface area contributed by atoms with Crippen LogP contribution < -0.4 is 5.32 Å². The number of alkyl carbamates (subject to hydrolysis) is 1. The van der Waals surface area contributed by atoms with Crippen LogP contribution >= 0.6 is 0 Å². The van der Waals surface area contributed by atoms with Crippen LogP contribution in [0.5, 0.6) is 0 Å². The fourth-order valence-electron chi connectivity index (χ4n) is 3.89. The lowest BCUT2D eigenvalue weighted by Gasteiger charge is -2.26. The van der Waals surface area contributed by atoms with Gasteiger partial charge in [-0.05, 0) is 33.1 Å². The molecule has 25 heavy (non-hydrogen) atoms. The summed E-state index contributed by atoms with van der Waals surface area (Å²) in [6.07, 6.45) is 1.29. The summed E-state index contributed by atoms with van der Waals surface area (Å²) in [7, 11) is 0. The van der Waals surface area contributed by atoms with Crippen molar-refractivity contribution in [3.05, 3.63) is 0 Å². The van der Waals surface area contributed by atoms with Gasteiger partial charge in [0.2, 0.25) is 5.67 Å². The standard InChI is InChI=1S/C17H26FNO6/c1-4-7-10-25-15(22)19-17-11(13(20)23-5-2)8-9-12(17)16(17,18)14(21)24-6-3/h11-12H,4-10H2,1-3H3,(H,19,22). The summed E-state index contributed by atoms with van der Waals surface area (Å²) in [6, 6.07) is 0. The van der Waals surface area contributed by atoms with E-state index in [1.165, 1.54) is 0 Å². The van der Waals surface area contributed by atoms with Crippen LogP contribution in [0.1, 0.15) is 46.5 Å². The molecule has 8 heteroatoms. The molecule has 0 aromatic heterocycles. The van der Waals surface area contributed by atoms with Gasteiger partial charge in [0, 0.05) is 5.92 Å². The molecule has 2 aliphatic rings. The molecule has 7 nitrogen and oxygen atoms in total. The SMILES string of the molecule is CCCCOC(=O)NC12C(C(=O)OCC)CCC1C2(F)C(=O)OCC. The van der Waals surface area contributed by atoms with Gasteiger partial charge in [-0.2, -0.15) is 0 Å². The molecule has 1 N–H and O–H groups in total. The maximum Gasteiger partial charge on any atom is 0.407 e. The Labute approximate surface area is 146 Å². The molecule has 0 aromatic carbocycles. The number of hydrogen-bond donors (Lipinski definition) is 1. The first-order valence-corrected chi connectivity index (χ1v) is 8.87. The Bertz CT molecular complexity index is 541. The molecule has 0 radical (unpaired) electrons. The summed E-state index contributed by atoms with van der Waals surface area (Å²) in [4.78, 5) is 36.5. The van der Waals surface area contributed by atoms with Crippen molar-refractivity contribution < 1.29 is 33.0 Å². The van der Waals surface area contributed by atoms with E-state index in [-0.39, 0.29) is 26.2 Å². The summed E-state index contributed by atoms with van der Waals surface area (Å²) in [5, 5.41) is 2.47. The fourth-order valence-corrected chi connectivity index (χ4v) is 3.89. The van der Waals surface area contributed by atoms with Gasteiger partial charge in [0.25, 0.3) is 0 Å². The zero-order valence-electron chi connectivity index (χ0n) is 14.9. The van der Waals surface area contributed by atoms with Gasteiger partial charge < -0.3 is 19.5 Å². The molecule has 0 saturated heterocycles. The van der Waals surface area contributed by atoms with Crippen molar-refractivity contribution in [2.45, 2.75) is 57.7 Å². The number of halogens is 1. The van der Waals surface area contributed by atoms with E-state index in [0.29, 0.717) is 12.8 Å². The first-order chi connectivity index (χ1) is 11.9. The van der Waals surface area contributed by atoms with Crippen molar-refractivity contribution in [2.75, 3.05) is 19.8 Å². The summed E-state index contributed by atoms with van der Waals surface area (Å²) < 4.78 is 30.4. The molecule has 1 amide bonds. The first kappa shape index (κ1) is 19.5. The van der Waals surface area contributed by atoms with Gasteiger partial charge in [-0.25, -0.2) is 14.0 Å². The Morgan fingerprint density at radius 1 is 1.08 bits per heavy atom. The fraction of sp³-hybridized carbons (Fsp3) is 0.824. The zero-order chi connectivity index (χ0) is 18.7. The lowest BCUT2D eigenvalue weighted by Crippen LogP contribution is -2.52. The maximum atomic E-state index is 15.5. The number of rotatable bonds is 8. The maximum absolute atomic E-state index is 15.5. The van der Waals surface area contributed by atoms with E-state index in [1.54, 1.807) is 13.8 Å². The third-order valence-electron chi connectivity index (χ3n) is 5.03. The molecule has 4 atom stereocenters. The van der Waals surface area contributed by atoms with Crippen LogP contribution in [-0.4, -0.2) is 49.1 Å². The average Bonchev–Trinajstić information content (AvgIpc) is 2.89. The second kappa shape index (κ2) is 7.58. The molecule has 4 unspecified atom stereocenters. The highest BCUT2D eigenvalue weighted by atomic mass is 19.1. The lowest BCUT2D eigenvalue weighted by molar-refractivity contribution is -0.156. The Kier molecular flexibility index (Phi) is 5.90. The molecule has 0 bridgehead atoms. The predicted molar refractivity (Wildman–Crippen MR) is 85.4 cm³/mol. The van der Waals surface area contributed by atoms with E-state index in [9.17, 15) is 14.4 Å². The highest BCUT2D eigenvalue weighted by Gasteiger charge is 2.90. The van der Waals surface area contributed by atoms with Crippen LogP contribution in [0.2, 0.25) is 0 Å². The minimum absolute atomic E-state index is 0.0122. The molecule has 0 spiro atoms. The number of esters is 2. The van der Waals surface area contributed by atoms with Crippen molar-refractivity contribution >= 4 is 18.0 Å². The van der Waals surface area contributed by atoms with E-state index >= 15 is 4.39 Å². The van der Waals surface area contributed by atoms with Crippen LogP contribution in [0.3, 0.4) is 0 Å². The van der Waals surface area contributed by atoms with E-state index < -0.39 is 41.1 Å². The van der Waals surface area contributed by atoms with Crippen LogP contribution in [0.4, 0.5) is 9.18 Å². The summed E-state index contributed by atoms with van der Waals surface area (Å²) in [6.45, 7) is 5.49. The van der Waals surface area contributed by atoms with Gasteiger partial charge in [0.1, 0.15) is 5.54 Å². The van der Waals surface area contributed by atoms with Crippen LogP contribution in [0.25, 0.3) is 0 Å². The Balaban J connectivity index is 2.22. The predicted octanol–water partition coefficient (Wildman–Crippen LogP) is 2.13. The molecule has 2 saturated carbocycles. The second-order valence-electron chi connectivity index (χ2n) is 6.35. The van der Waals surface area contributed by atoms with Crippen LogP contribution in [0, 0.1) is 11.8 Å². The number of amides is 1. The average molecular weight is 359 g/mol. The van der Waals surface area contributed by atoms with Crippen LogP contribution in [-0.2, 0) is 23.8 Å². The molecule has 0 heterocycles. The molecule has 142 valence electrons. The number of alkyl halides is 1. The topological polar surface area (TPSA) is 90.9 Å². The number of carbonyl (C=O) groups is 3. The van der Waals surface area contributed by atoms with Crippen molar-refractivity contribution in [2.24, 2.45) is 11.8 Å². The third-order valence-corrected chi connectivity index (χ3v) is 5.03. The number of ether oxygens (including phenoxy) is 3. The normalized spacial score (nSPS) is 32.5. The minimum Gasteiger partial charge on any atom is -0.466 e. The lowest BCUT2D eigenvalue weighted by atomic mass is 9.93. The third kappa shape index (κ3) is 3.06. The molecular weight excluding hydrogens is 333 g/mol. The number of unbranched alkanes of at least 4 members (excludes halogenated alkanes) is 1. The van der Waals surface area contributed by atoms with Crippen molar-refractivity contribution in [3.63, 3.8) is 0 Å². The Morgan fingerprint density at radius 2 is 1.76 bits per heavy atom.